The molecule has 9 aromatic rings. The fourth-order valence-corrected chi connectivity index (χ4v) is 6.40. The predicted octanol–water partition coefficient (Wildman–Crippen LogP) is 9.57. The molecular weight excluding hydrogens is 436 g/mol. The van der Waals surface area contributed by atoms with Crippen LogP contribution in [-0.2, 0) is 0 Å². The highest BCUT2D eigenvalue weighted by Gasteiger charge is 2.14. The molecule has 0 bridgehead atoms. The number of aromatic nitrogens is 2. The second kappa shape index (κ2) is 6.44. The summed E-state index contributed by atoms with van der Waals surface area (Å²) in [5.74, 6) is 0. The van der Waals surface area contributed by atoms with Gasteiger partial charge < -0.3 is 9.97 Å². The van der Waals surface area contributed by atoms with E-state index in [1.54, 1.807) is 0 Å². The third-order valence-electron chi connectivity index (χ3n) is 8.05. The minimum atomic E-state index is 1.19. The van der Waals surface area contributed by atoms with Crippen LogP contribution in [0.4, 0.5) is 0 Å². The standard InChI is InChI=1S/C34H20N2/c1-3-7-21-17-31-27(15-19(21)5-1)33-25-9-10-26-24(23(25)11-13-29(33)35-31)12-14-30-34(26)28-16-20-6-2-4-8-22(20)18-32(28)36-30/h1-18,35-36H. The van der Waals surface area contributed by atoms with Gasteiger partial charge >= 0.3 is 0 Å². The molecule has 0 aliphatic carbocycles. The average Bonchev–Trinajstić information content (AvgIpc) is 3.47. The molecule has 0 saturated heterocycles. The quantitative estimate of drug-likeness (QED) is 0.213. The number of benzene rings is 7. The smallest absolute Gasteiger partial charge is 0.0471 e. The van der Waals surface area contributed by atoms with Crippen molar-refractivity contribution in [1.29, 1.82) is 0 Å². The van der Waals surface area contributed by atoms with E-state index >= 15 is 0 Å². The molecule has 166 valence electrons. The molecule has 0 saturated carbocycles. The Hall–Kier alpha value is -4.82. The van der Waals surface area contributed by atoms with E-state index in [-0.39, 0.29) is 0 Å². The Labute approximate surface area is 205 Å². The number of fused-ring (bicyclic) bond motifs is 13. The van der Waals surface area contributed by atoms with Crippen LogP contribution in [0.1, 0.15) is 0 Å². The zero-order chi connectivity index (χ0) is 23.4. The molecular formula is C34H20N2. The van der Waals surface area contributed by atoms with E-state index in [2.05, 4.69) is 119 Å². The van der Waals surface area contributed by atoms with Gasteiger partial charge in [0.25, 0.3) is 0 Å². The van der Waals surface area contributed by atoms with E-state index < -0.39 is 0 Å². The van der Waals surface area contributed by atoms with E-state index in [4.69, 9.17) is 0 Å². The highest BCUT2D eigenvalue weighted by atomic mass is 14.7. The summed E-state index contributed by atoms with van der Waals surface area (Å²) in [6.07, 6.45) is 0. The van der Waals surface area contributed by atoms with Crippen LogP contribution in [0.5, 0.6) is 0 Å². The molecule has 2 heterocycles. The number of nitrogens with one attached hydrogen (secondary N) is 2. The van der Waals surface area contributed by atoms with Crippen LogP contribution >= 0.6 is 0 Å². The predicted molar refractivity (Wildman–Crippen MR) is 155 cm³/mol. The van der Waals surface area contributed by atoms with Gasteiger partial charge in [0.15, 0.2) is 0 Å². The monoisotopic (exact) mass is 456 g/mol. The van der Waals surface area contributed by atoms with Crippen molar-refractivity contribution >= 4 is 86.7 Å². The summed E-state index contributed by atoms with van der Waals surface area (Å²) < 4.78 is 0. The second-order valence-electron chi connectivity index (χ2n) is 9.97. The van der Waals surface area contributed by atoms with Crippen molar-refractivity contribution in [3.8, 4) is 0 Å². The molecule has 0 aliphatic heterocycles. The van der Waals surface area contributed by atoms with E-state index in [0.717, 1.165) is 0 Å². The van der Waals surface area contributed by atoms with Crippen molar-refractivity contribution < 1.29 is 0 Å². The first-order chi connectivity index (χ1) is 17.8. The van der Waals surface area contributed by atoms with Crippen LogP contribution in [-0.4, -0.2) is 9.97 Å². The second-order valence-corrected chi connectivity index (χ2v) is 9.97. The topological polar surface area (TPSA) is 31.6 Å². The van der Waals surface area contributed by atoms with Gasteiger partial charge in [-0.2, -0.15) is 0 Å². The number of aromatic amines is 2. The lowest BCUT2D eigenvalue weighted by atomic mass is 9.95. The summed E-state index contributed by atoms with van der Waals surface area (Å²) in [6, 6.07) is 40.1. The van der Waals surface area contributed by atoms with Crippen LogP contribution < -0.4 is 0 Å². The van der Waals surface area contributed by atoms with Crippen molar-refractivity contribution in [2.45, 2.75) is 0 Å². The molecule has 0 radical (unpaired) electrons. The molecule has 7 aromatic carbocycles. The van der Waals surface area contributed by atoms with Crippen LogP contribution in [0.3, 0.4) is 0 Å². The first kappa shape index (κ1) is 18.5. The Morgan fingerprint density at radius 2 is 0.694 bits per heavy atom. The zero-order valence-electron chi connectivity index (χ0n) is 19.4. The molecule has 0 unspecified atom stereocenters. The summed E-state index contributed by atoms with van der Waals surface area (Å²) >= 11 is 0. The highest BCUT2D eigenvalue weighted by molar-refractivity contribution is 6.30. The normalized spacial score (nSPS) is 12.4. The maximum absolute atomic E-state index is 3.67. The van der Waals surface area contributed by atoms with Crippen LogP contribution in [0.25, 0.3) is 86.7 Å². The fraction of sp³-hybridized carbons (Fsp3) is 0. The molecule has 0 atom stereocenters. The molecule has 2 nitrogen and oxygen atoms in total. The minimum Gasteiger partial charge on any atom is -0.354 e. The van der Waals surface area contributed by atoms with Gasteiger partial charge in [-0.3, -0.25) is 0 Å². The Morgan fingerprint density at radius 1 is 0.306 bits per heavy atom. The maximum atomic E-state index is 3.67. The fourth-order valence-electron chi connectivity index (χ4n) is 6.40. The third-order valence-corrected chi connectivity index (χ3v) is 8.05. The number of rotatable bonds is 0. The van der Waals surface area contributed by atoms with Gasteiger partial charge in [0.05, 0.1) is 0 Å². The van der Waals surface area contributed by atoms with Gasteiger partial charge in [0.1, 0.15) is 0 Å². The molecule has 2 aromatic heterocycles. The van der Waals surface area contributed by atoms with E-state index in [1.165, 1.54) is 86.7 Å². The molecule has 2 heteroatoms. The summed E-state index contributed by atoms with van der Waals surface area (Å²) in [5.41, 5.74) is 4.75. The summed E-state index contributed by atoms with van der Waals surface area (Å²) in [5, 5.41) is 15.4. The first-order valence-electron chi connectivity index (χ1n) is 12.4. The number of hydrogen-bond donors (Lipinski definition) is 2. The van der Waals surface area contributed by atoms with E-state index in [9.17, 15) is 0 Å². The Bertz CT molecular complexity index is 2200. The van der Waals surface area contributed by atoms with Crippen LogP contribution in [0, 0.1) is 0 Å². The lowest BCUT2D eigenvalue weighted by Gasteiger charge is -2.08. The van der Waals surface area contributed by atoms with E-state index in [0.29, 0.717) is 0 Å². The molecule has 0 fully saturated rings. The number of hydrogen-bond acceptors (Lipinski definition) is 0. The Morgan fingerprint density at radius 3 is 1.14 bits per heavy atom. The molecule has 2 N–H and O–H groups in total. The van der Waals surface area contributed by atoms with Crippen molar-refractivity contribution in [2.24, 2.45) is 0 Å². The average molecular weight is 457 g/mol. The summed E-state index contributed by atoms with van der Waals surface area (Å²) in [7, 11) is 0. The van der Waals surface area contributed by atoms with Gasteiger partial charge in [-0.15, -0.1) is 0 Å². The molecule has 0 aliphatic rings. The van der Waals surface area contributed by atoms with Crippen molar-refractivity contribution in [2.75, 3.05) is 0 Å². The lowest BCUT2D eigenvalue weighted by Crippen LogP contribution is -1.81. The number of H-pyrrole nitrogens is 2. The van der Waals surface area contributed by atoms with Gasteiger partial charge in [-0.25, -0.2) is 0 Å². The SMILES string of the molecule is c1ccc2cc3c(cc2c1)[nH]c1ccc2c4ccc5[nH]c6cc7ccccc7cc6c5c4ccc2c13. The molecule has 0 spiro atoms. The lowest BCUT2D eigenvalue weighted by molar-refractivity contribution is 1.56. The van der Waals surface area contributed by atoms with Gasteiger partial charge in [-0.1, -0.05) is 72.8 Å². The van der Waals surface area contributed by atoms with Crippen molar-refractivity contribution in [1.82, 2.24) is 9.97 Å². The largest absolute Gasteiger partial charge is 0.354 e. The highest BCUT2D eigenvalue weighted by Crippen LogP contribution is 2.40. The first-order valence-corrected chi connectivity index (χ1v) is 12.4. The summed E-state index contributed by atoms with van der Waals surface area (Å²) in [4.78, 5) is 7.34. The molecule has 9 rings (SSSR count). The Balaban J connectivity index is 1.43. The molecule has 36 heavy (non-hydrogen) atoms. The zero-order valence-corrected chi connectivity index (χ0v) is 19.4. The summed E-state index contributed by atoms with van der Waals surface area (Å²) in [6.45, 7) is 0. The molecule has 0 amide bonds. The van der Waals surface area contributed by atoms with Gasteiger partial charge in [0, 0.05) is 43.6 Å². The Kier molecular flexibility index (Phi) is 3.31. The minimum absolute atomic E-state index is 1.19. The third kappa shape index (κ3) is 2.31. The van der Waals surface area contributed by atoms with Gasteiger partial charge in [0.2, 0.25) is 0 Å². The van der Waals surface area contributed by atoms with Crippen molar-refractivity contribution in [3.05, 3.63) is 109 Å². The van der Waals surface area contributed by atoms with Gasteiger partial charge in [-0.05, 0) is 79.5 Å². The van der Waals surface area contributed by atoms with Crippen molar-refractivity contribution in [3.63, 3.8) is 0 Å². The maximum Gasteiger partial charge on any atom is 0.0471 e. The van der Waals surface area contributed by atoms with Crippen LogP contribution in [0.2, 0.25) is 0 Å². The van der Waals surface area contributed by atoms with Crippen LogP contribution in [0.15, 0.2) is 109 Å². The van der Waals surface area contributed by atoms with E-state index in [1.807, 2.05) is 0 Å².